The number of nitrogens with one attached hydrogen (secondary N) is 2. The Labute approximate surface area is 128 Å². The first kappa shape index (κ1) is 15.8. The molecule has 1 atom stereocenters. The lowest BCUT2D eigenvalue weighted by molar-refractivity contribution is -0.117. The van der Waals surface area contributed by atoms with E-state index in [-0.39, 0.29) is 11.8 Å². The Balaban J connectivity index is 1.98. The van der Waals surface area contributed by atoms with E-state index < -0.39 is 6.04 Å². The van der Waals surface area contributed by atoms with Gasteiger partial charge in [0.15, 0.2) is 5.82 Å². The third-order valence-corrected chi connectivity index (χ3v) is 3.39. The SMILES string of the molecule is Cc1cc(NC(=O)[C@@H](C)NC(=O)c2ccc(C)c(C)c2)no1. The van der Waals surface area contributed by atoms with Crippen LogP contribution < -0.4 is 10.6 Å². The molecule has 116 valence electrons. The van der Waals surface area contributed by atoms with Crippen molar-refractivity contribution in [3.63, 3.8) is 0 Å². The number of amides is 2. The number of nitrogens with zero attached hydrogens (tertiary/aromatic N) is 1. The first-order valence-electron chi connectivity index (χ1n) is 6.99. The second-order valence-corrected chi connectivity index (χ2v) is 5.31. The molecule has 0 radical (unpaired) electrons. The normalized spacial score (nSPS) is 11.8. The highest BCUT2D eigenvalue weighted by Crippen LogP contribution is 2.10. The summed E-state index contributed by atoms with van der Waals surface area (Å²) in [6.45, 7) is 7.26. The Hall–Kier alpha value is -2.63. The highest BCUT2D eigenvalue weighted by Gasteiger charge is 2.18. The van der Waals surface area contributed by atoms with Crippen molar-refractivity contribution in [2.24, 2.45) is 0 Å². The lowest BCUT2D eigenvalue weighted by Crippen LogP contribution is -2.41. The van der Waals surface area contributed by atoms with Crippen LogP contribution in [0.5, 0.6) is 0 Å². The molecule has 2 N–H and O–H groups in total. The first-order valence-corrected chi connectivity index (χ1v) is 6.99. The maximum absolute atomic E-state index is 12.2. The van der Waals surface area contributed by atoms with Gasteiger partial charge in [0.25, 0.3) is 5.91 Å². The Morgan fingerprint density at radius 1 is 1.14 bits per heavy atom. The summed E-state index contributed by atoms with van der Waals surface area (Å²) in [4.78, 5) is 24.2. The molecule has 0 fully saturated rings. The number of benzene rings is 1. The molecular weight excluding hydrogens is 282 g/mol. The first-order chi connectivity index (χ1) is 10.4. The molecule has 0 aliphatic carbocycles. The van der Waals surface area contributed by atoms with Crippen LogP contribution in [0, 0.1) is 20.8 Å². The minimum absolute atomic E-state index is 0.290. The van der Waals surface area contributed by atoms with Gasteiger partial charge in [-0.1, -0.05) is 11.2 Å². The molecule has 1 heterocycles. The summed E-state index contributed by atoms with van der Waals surface area (Å²) in [7, 11) is 0. The number of anilines is 1. The van der Waals surface area contributed by atoms with Crippen LogP contribution in [0.25, 0.3) is 0 Å². The molecule has 0 bridgehead atoms. The van der Waals surface area contributed by atoms with Gasteiger partial charge >= 0.3 is 0 Å². The minimum atomic E-state index is -0.689. The van der Waals surface area contributed by atoms with E-state index in [9.17, 15) is 9.59 Å². The Kier molecular flexibility index (Phi) is 4.60. The predicted molar refractivity (Wildman–Crippen MR) is 82.7 cm³/mol. The zero-order valence-corrected chi connectivity index (χ0v) is 13.1. The molecule has 2 rings (SSSR count). The molecule has 0 saturated heterocycles. The highest BCUT2D eigenvalue weighted by molar-refractivity contribution is 6.00. The molecule has 1 aromatic heterocycles. The second-order valence-electron chi connectivity index (χ2n) is 5.31. The van der Waals surface area contributed by atoms with Crippen LogP contribution in [-0.2, 0) is 4.79 Å². The van der Waals surface area contributed by atoms with Crippen LogP contribution >= 0.6 is 0 Å². The number of hydrogen-bond acceptors (Lipinski definition) is 4. The number of hydrogen-bond donors (Lipinski definition) is 2. The van der Waals surface area contributed by atoms with Crippen LogP contribution in [0.1, 0.15) is 34.2 Å². The van der Waals surface area contributed by atoms with Crippen molar-refractivity contribution in [2.45, 2.75) is 33.7 Å². The van der Waals surface area contributed by atoms with Crippen LogP contribution in [0.4, 0.5) is 5.82 Å². The largest absolute Gasteiger partial charge is 0.360 e. The quantitative estimate of drug-likeness (QED) is 0.908. The van der Waals surface area contributed by atoms with Crippen molar-refractivity contribution in [1.29, 1.82) is 0 Å². The van der Waals surface area contributed by atoms with Crippen molar-refractivity contribution in [1.82, 2.24) is 10.5 Å². The summed E-state index contributed by atoms with van der Waals surface area (Å²) in [6.07, 6.45) is 0. The van der Waals surface area contributed by atoms with E-state index in [2.05, 4.69) is 15.8 Å². The van der Waals surface area contributed by atoms with Gasteiger partial charge in [0.2, 0.25) is 5.91 Å². The van der Waals surface area contributed by atoms with Crippen molar-refractivity contribution < 1.29 is 14.1 Å². The maximum atomic E-state index is 12.2. The van der Waals surface area contributed by atoms with Gasteiger partial charge in [-0.25, -0.2) is 0 Å². The molecule has 0 saturated carbocycles. The fraction of sp³-hybridized carbons (Fsp3) is 0.312. The standard InChI is InChI=1S/C16H19N3O3/c1-9-5-6-13(7-10(9)2)16(21)17-12(4)15(20)18-14-8-11(3)22-19-14/h5-8,12H,1-4H3,(H,17,21)(H,18,19,20)/t12-/m1/s1. The van der Waals surface area contributed by atoms with E-state index in [1.54, 1.807) is 32.0 Å². The molecule has 0 aliphatic heterocycles. The van der Waals surface area contributed by atoms with Crippen LogP contribution in [0.3, 0.4) is 0 Å². The third kappa shape index (κ3) is 3.72. The molecule has 2 aromatic rings. The average molecular weight is 301 g/mol. The van der Waals surface area contributed by atoms with Crippen molar-refractivity contribution in [2.75, 3.05) is 5.32 Å². The molecule has 6 nitrogen and oxygen atoms in total. The van der Waals surface area contributed by atoms with Crippen LogP contribution in [-0.4, -0.2) is 23.0 Å². The topological polar surface area (TPSA) is 84.2 Å². The van der Waals surface area contributed by atoms with E-state index in [4.69, 9.17) is 4.52 Å². The average Bonchev–Trinajstić information content (AvgIpc) is 2.86. The van der Waals surface area contributed by atoms with Gasteiger partial charge < -0.3 is 15.2 Å². The highest BCUT2D eigenvalue weighted by atomic mass is 16.5. The summed E-state index contributed by atoms with van der Waals surface area (Å²) in [5.74, 6) is 0.282. The van der Waals surface area contributed by atoms with Gasteiger partial charge in [-0.05, 0) is 51.0 Å². The second kappa shape index (κ2) is 6.43. The smallest absolute Gasteiger partial charge is 0.251 e. The Morgan fingerprint density at radius 3 is 2.45 bits per heavy atom. The summed E-state index contributed by atoms with van der Waals surface area (Å²) in [6, 6.07) is 6.34. The molecular formula is C16H19N3O3. The summed E-state index contributed by atoms with van der Waals surface area (Å²) in [5.41, 5.74) is 2.67. The monoisotopic (exact) mass is 301 g/mol. The van der Waals surface area contributed by atoms with Gasteiger partial charge in [-0.15, -0.1) is 0 Å². The van der Waals surface area contributed by atoms with Crippen LogP contribution in [0.15, 0.2) is 28.8 Å². The van der Waals surface area contributed by atoms with Crippen molar-refractivity contribution in [3.8, 4) is 0 Å². The molecule has 0 unspecified atom stereocenters. The Morgan fingerprint density at radius 2 is 1.86 bits per heavy atom. The van der Waals surface area contributed by atoms with Gasteiger partial charge in [-0.3, -0.25) is 9.59 Å². The third-order valence-electron chi connectivity index (χ3n) is 3.39. The number of aromatic nitrogens is 1. The Bertz CT molecular complexity index is 706. The number of carbonyl (C=O) groups excluding carboxylic acids is 2. The van der Waals surface area contributed by atoms with E-state index in [1.807, 2.05) is 19.9 Å². The van der Waals surface area contributed by atoms with Gasteiger partial charge in [0, 0.05) is 11.6 Å². The molecule has 2 amide bonds. The van der Waals surface area contributed by atoms with Crippen molar-refractivity contribution >= 4 is 17.6 Å². The summed E-state index contributed by atoms with van der Waals surface area (Å²) in [5, 5.41) is 8.92. The molecule has 0 aliphatic rings. The molecule has 6 heteroatoms. The fourth-order valence-electron chi connectivity index (χ4n) is 1.89. The zero-order chi connectivity index (χ0) is 16.3. The zero-order valence-electron chi connectivity index (χ0n) is 13.1. The van der Waals surface area contributed by atoms with Crippen molar-refractivity contribution in [3.05, 3.63) is 46.7 Å². The van der Waals surface area contributed by atoms with E-state index in [0.29, 0.717) is 17.1 Å². The molecule has 1 aromatic carbocycles. The number of rotatable bonds is 4. The minimum Gasteiger partial charge on any atom is -0.360 e. The molecule has 22 heavy (non-hydrogen) atoms. The van der Waals surface area contributed by atoms with Gasteiger partial charge in [0.05, 0.1) is 0 Å². The fourth-order valence-corrected chi connectivity index (χ4v) is 1.89. The number of aryl methyl sites for hydroxylation is 3. The lowest BCUT2D eigenvalue weighted by Gasteiger charge is -2.13. The van der Waals surface area contributed by atoms with E-state index in [0.717, 1.165) is 11.1 Å². The predicted octanol–water partition coefficient (Wildman–Crippen LogP) is 2.36. The maximum Gasteiger partial charge on any atom is 0.251 e. The van der Waals surface area contributed by atoms with Crippen LogP contribution in [0.2, 0.25) is 0 Å². The van der Waals surface area contributed by atoms with Gasteiger partial charge in [-0.2, -0.15) is 0 Å². The van der Waals surface area contributed by atoms with E-state index in [1.165, 1.54) is 0 Å². The lowest BCUT2D eigenvalue weighted by atomic mass is 10.1. The summed E-state index contributed by atoms with van der Waals surface area (Å²) < 4.78 is 4.87. The summed E-state index contributed by atoms with van der Waals surface area (Å²) >= 11 is 0. The van der Waals surface area contributed by atoms with E-state index >= 15 is 0 Å². The van der Waals surface area contributed by atoms with Gasteiger partial charge in [0.1, 0.15) is 11.8 Å². The molecule has 0 spiro atoms. The number of carbonyl (C=O) groups is 2.